The molecular formula is C22H25ClN4O2S. The van der Waals surface area contributed by atoms with E-state index in [1.54, 1.807) is 6.07 Å². The van der Waals surface area contributed by atoms with Gasteiger partial charge in [-0.05, 0) is 50.1 Å². The normalized spacial score (nSPS) is 11.9. The van der Waals surface area contributed by atoms with Gasteiger partial charge >= 0.3 is 0 Å². The summed E-state index contributed by atoms with van der Waals surface area (Å²) in [5, 5.41) is 12.7. The maximum absolute atomic E-state index is 12.3. The van der Waals surface area contributed by atoms with E-state index in [1.807, 2.05) is 60.9 Å². The number of thioether (sulfide) groups is 1. The zero-order valence-corrected chi connectivity index (χ0v) is 18.8. The second-order valence-corrected chi connectivity index (χ2v) is 8.01. The van der Waals surface area contributed by atoms with Crippen molar-refractivity contribution in [3.8, 4) is 5.75 Å². The maximum atomic E-state index is 12.3. The van der Waals surface area contributed by atoms with Crippen molar-refractivity contribution < 1.29 is 9.53 Å². The van der Waals surface area contributed by atoms with E-state index in [2.05, 4.69) is 22.4 Å². The molecular weight excluding hydrogens is 420 g/mol. The van der Waals surface area contributed by atoms with Crippen LogP contribution in [0.15, 0.2) is 53.7 Å². The molecule has 0 saturated carbocycles. The summed E-state index contributed by atoms with van der Waals surface area (Å²) < 4.78 is 7.92. The Bertz CT molecular complexity index is 991. The predicted molar refractivity (Wildman–Crippen MR) is 121 cm³/mol. The van der Waals surface area contributed by atoms with Gasteiger partial charge in [0.1, 0.15) is 5.75 Å². The highest BCUT2D eigenvalue weighted by atomic mass is 35.5. The molecule has 0 aliphatic heterocycles. The summed E-state index contributed by atoms with van der Waals surface area (Å²) in [7, 11) is 0. The van der Waals surface area contributed by atoms with Gasteiger partial charge in [0.25, 0.3) is 0 Å². The number of carbonyl (C=O) groups is 1. The second kappa shape index (κ2) is 10.5. The lowest BCUT2D eigenvalue weighted by Crippen LogP contribution is -2.15. The summed E-state index contributed by atoms with van der Waals surface area (Å²) >= 11 is 7.54. The van der Waals surface area contributed by atoms with Gasteiger partial charge in [0.15, 0.2) is 17.1 Å². The highest BCUT2D eigenvalue weighted by Gasteiger charge is 2.20. The Kier molecular flexibility index (Phi) is 7.76. The number of nitrogens with zero attached hydrogens (tertiary/aromatic N) is 3. The number of halogens is 1. The number of aromatic nitrogens is 3. The molecule has 1 amide bonds. The third kappa shape index (κ3) is 5.55. The molecule has 0 bridgehead atoms. The topological polar surface area (TPSA) is 69.0 Å². The van der Waals surface area contributed by atoms with E-state index < -0.39 is 0 Å². The molecule has 1 atom stereocenters. The van der Waals surface area contributed by atoms with Crippen LogP contribution in [-0.2, 0) is 17.8 Å². The van der Waals surface area contributed by atoms with E-state index in [-0.39, 0.29) is 17.8 Å². The number of benzene rings is 2. The van der Waals surface area contributed by atoms with Crippen molar-refractivity contribution >= 4 is 35.0 Å². The smallest absolute Gasteiger partial charge is 0.234 e. The Balaban J connectivity index is 1.62. The summed E-state index contributed by atoms with van der Waals surface area (Å²) in [5.41, 5.74) is 2.02. The fourth-order valence-corrected chi connectivity index (χ4v) is 3.93. The van der Waals surface area contributed by atoms with Crippen LogP contribution in [0.4, 0.5) is 5.69 Å². The Morgan fingerprint density at radius 2 is 1.90 bits per heavy atom. The molecule has 30 heavy (non-hydrogen) atoms. The van der Waals surface area contributed by atoms with Crippen LogP contribution < -0.4 is 10.1 Å². The number of hydrogen-bond acceptors (Lipinski definition) is 5. The molecule has 0 aliphatic rings. The fraction of sp³-hybridized carbons (Fsp3) is 0.318. The van der Waals surface area contributed by atoms with Gasteiger partial charge in [-0.15, -0.1) is 10.2 Å². The average Bonchev–Trinajstić information content (AvgIpc) is 3.17. The predicted octanol–water partition coefficient (Wildman–Crippen LogP) is 5.38. The number of carbonyl (C=O) groups excluding carboxylic acids is 1. The zero-order valence-electron chi connectivity index (χ0n) is 17.3. The summed E-state index contributed by atoms with van der Waals surface area (Å²) in [6, 6.07) is 15.2. The first-order valence-corrected chi connectivity index (χ1v) is 11.2. The highest BCUT2D eigenvalue weighted by Crippen LogP contribution is 2.29. The van der Waals surface area contributed by atoms with Crippen LogP contribution in [-0.4, -0.2) is 26.4 Å². The average molecular weight is 445 g/mol. The number of hydrogen-bond donors (Lipinski definition) is 1. The molecule has 0 fully saturated rings. The first kappa shape index (κ1) is 22.2. The molecule has 0 spiro atoms. The summed E-state index contributed by atoms with van der Waals surface area (Å²) in [6.45, 7) is 6.68. The molecule has 2 aromatic carbocycles. The quantitative estimate of drug-likeness (QED) is 0.448. The van der Waals surface area contributed by atoms with Crippen molar-refractivity contribution in [2.75, 3.05) is 11.1 Å². The van der Waals surface area contributed by atoms with Crippen LogP contribution in [0.2, 0.25) is 5.02 Å². The molecule has 1 heterocycles. The van der Waals surface area contributed by atoms with Crippen molar-refractivity contribution in [1.82, 2.24) is 14.8 Å². The zero-order chi connectivity index (χ0) is 21.5. The van der Waals surface area contributed by atoms with E-state index >= 15 is 0 Å². The first-order chi connectivity index (χ1) is 14.5. The van der Waals surface area contributed by atoms with Gasteiger partial charge in [-0.3, -0.25) is 4.79 Å². The lowest BCUT2D eigenvalue weighted by atomic mass is 10.1. The van der Waals surface area contributed by atoms with Gasteiger partial charge in [-0.2, -0.15) is 0 Å². The maximum Gasteiger partial charge on any atom is 0.234 e. The van der Waals surface area contributed by atoms with E-state index in [0.29, 0.717) is 28.3 Å². The van der Waals surface area contributed by atoms with Crippen molar-refractivity contribution in [1.29, 1.82) is 0 Å². The summed E-state index contributed by atoms with van der Waals surface area (Å²) in [5.74, 6) is 1.44. The van der Waals surface area contributed by atoms with Crippen molar-refractivity contribution in [3.05, 3.63) is 64.9 Å². The monoisotopic (exact) mass is 444 g/mol. The minimum Gasteiger partial charge on any atom is -0.481 e. The Morgan fingerprint density at radius 1 is 1.17 bits per heavy atom. The van der Waals surface area contributed by atoms with Crippen LogP contribution >= 0.6 is 23.4 Å². The lowest BCUT2D eigenvalue weighted by Gasteiger charge is -2.16. The number of aryl methyl sites for hydroxylation is 1. The number of rotatable bonds is 9. The number of ether oxygens (including phenoxy) is 1. The summed E-state index contributed by atoms with van der Waals surface area (Å²) in [6.07, 6.45) is 0.634. The van der Waals surface area contributed by atoms with E-state index in [1.165, 1.54) is 17.3 Å². The third-order valence-corrected chi connectivity index (χ3v) is 5.82. The molecule has 0 radical (unpaired) electrons. The van der Waals surface area contributed by atoms with E-state index in [0.717, 1.165) is 12.1 Å². The van der Waals surface area contributed by atoms with E-state index in [9.17, 15) is 4.79 Å². The minimum atomic E-state index is -0.336. The van der Waals surface area contributed by atoms with Gasteiger partial charge in [0.05, 0.1) is 10.8 Å². The molecule has 8 heteroatoms. The Hall–Kier alpha value is -2.51. The number of anilines is 1. The molecule has 0 saturated heterocycles. The molecule has 3 aromatic rings. The fourth-order valence-electron chi connectivity index (χ4n) is 2.94. The van der Waals surface area contributed by atoms with Gasteiger partial charge in [-0.25, -0.2) is 0 Å². The molecule has 0 aliphatic carbocycles. The van der Waals surface area contributed by atoms with Gasteiger partial charge in [0, 0.05) is 12.2 Å². The Labute approximate surface area is 186 Å². The SMILES string of the molecule is CCc1ccc(NC(=O)CSc2nnc([C@@H](C)Oc3ccccc3Cl)n2CC)cc1. The van der Waals surface area contributed by atoms with Crippen LogP contribution in [0.5, 0.6) is 5.75 Å². The molecule has 158 valence electrons. The molecule has 0 unspecified atom stereocenters. The second-order valence-electron chi connectivity index (χ2n) is 6.66. The van der Waals surface area contributed by atoms with Gasteiger partial charge < -0.3 is 14.6 Å². The van der Waals surface area contributed by atoms with Crippen molar-refractivity contribution in [2.45, 2.75) is 45.0 Å². The molecule has 3 rings (SSSR count). The first-order valence-electron chi connectivity index (χ1n) is 9.87. The largest absolute Gasteiger partial charge is 0.481 e. The van der Waals surface area contributed by atoms with Gasteiger partial charge in [0.2, 0.25) is 5.91 Å². The summed E-state index contributed by atoms with van der Waals surface area (Å²) in [4.78, 5) is 12.3. The van der Waals surface area contributed by atoms with E-state index in [4.69, 9.17) is 16.3 Å². The molecule has 1 N–H and O–H groups in total. The number of amides is 1. The lowest BCUT2D eigenvalue weighted by molar-refractivity contribution is -0.113. The van der Waals surface area contributed by atoms with Crippen LogP contribution in [0, 0.1) is 0 Å². The molecule has 6 nitrogen and oxygen atoms in total. The Morgan fingerprint density at radius 3 is 2.57 bits per heavy atom. The van der Waals surface area contributed by atoms with Gasteiger partial charge in [-0.1, -0.05) is 54.6 Å². The van der Waals surface area contributed by atoms with Crippen LogP contribution in [0.25, 0.3) is 0 Å². The highest BCUT2D eigenvalue weighted by molar-refractivity contribution is 7.99. The third-order valence-electron chi connectivity index (χ3n) is 4.54. The van der Waals surface area contributed by atoms with Crippen LogP contribution in [0.1, 0.15) is 38.3 Å². The number of para-hydroxylation sites is 1. The minimum absolute atomic E-state index is 0.0863. The molecule has 1 aromatic heterocycles. The van der Waals surface area contributed by atoms with Crippen molar-refractivity contribution in [3.63, 3.8) is 0 Å². The number of nitrogens with one attached hydrogen (secondary N) is 1. The standard InChI is InChI=1S/C22H25ClN4O2S/c1-4-16-10-12-17(13-11-16)24-20(28)14-30-22-26-25-21(27(22)5-2)15(3)29-19-9-7-6-8-18(19)23/h6-13,15H,4-5,14H2,1-3H3,(H,24,28)/t15-/m1/s1. The van der Waals surface area contributed by atoms with Crippen molar-refractivity contribution in [2.24, 2.45) is 0 Å². The van der Waals surface area contributed by atoms with Crippen LogP contribution in [0.3, 0.4) is 0 Å².